The van der Waals surface area contributed by atoms with Crippen molar-refractivity contribution in [2.45, 2.75) is 25.1 Å². The predicted octanol–water partition coefficient (Wildman–Crippen LogP) is -0.680. The topological polar surface area (TPSA) is 72.2 Å². The number of methoxy groups -OCH3 is 1. The fourth-order valence-corrected chi connectivity index (χ4v) is 1.81. The van der Waals surface area contributed by atoms with E-state index in [1.54, 1.807) is 13.4 Å². The molecule has 2 rings (SSSR count). The van der Waals surface area contributed by atoms with E-state index in [-0.39, 0.29) is 12.1 Å². The van der Waals surface area contributed by atoms with Crippen molar-refractivity contribution >= 4 is 0 Å². The molecule has 6 nitrogen and oxygen atoms in total. The number of hydrogen-bond acceptors (Lipinski definition) is 5. The molecule has 1 aliphatic heterocycles. The van der Waals surface area contributed by atoms with Gasteiger partial charge >= 0.3 is 0 Å². The van der Waals surface area contributed by atoms with Gasteiger partial charge in [-0.2, -0.15) is 0 Å². The maximum atomic E-state index is 9.42. The van der Waals surface area contributed by atoms with E-state index < -0.39 is 0 Å². The van der Waals surface area contributed by atoms with E-state index in [2.05, 4.69) is 15.5 Å². The number of nitrogens with zero attached hydrogens (tertiary/aromatic N) is 3. The number of ether oxygens (including phenoxy) is 1. The SMILES string of the molecule is COCCn1cnnc1[C@@H]1C[C@@H](O)CN1. The van der Waals surface area contributed by atoms with Crippen molar-refractivity contribution in [1.82, 2.24) is 20.1 Å². The van der Waals surface area contributed by atoms with Crippen molar-refractivity contribution in [2.24, 2.45) is 0 Å². The Balaban J connectivity index is 2.04. The molecule has 1 aliphatic rings. The van der Waals surface area contributed by atoms with Crippen LogP contribution in [0.5, 0.6) is 0 Å². The first-order chi connectivity index (χ1) is 7.31. The Bertz CT molecular complexity index is 315. The highest BCUT2D eigenvalue weighted by atomic mass is 16.5. The normalized spacial score (nSPS) is 26.0. The van der Waals surface area contributed by atoms with Crippen LogP contribution >= 0.6 is 0 Å². The molecule has 2 heterocycles. The Hall–Kier alpha value is -0.980. The molecule has 1 aromatic rings. The second-order valence-corrected chi connectivity index (χ2v) is 3.73. The first-order valence-corrected chi connectivity index (χ1v) is 5.09. The number of nitrogens with one attached hydrogen (secondary N) is 1. The molecule has 0 aliphatic carbocycles. The van der Waals surface area contributed by atoms with Gasteiger partial charge in [0.25, 0.3) is 0 Å². The van der Waals surface area contributed by atoms with Gasteiger partial charge in [-0.15, -0.1) is 10.2 Å². The first-order valence-electron chi connectivity index (χ1n) is 5.09. The van der Waals surface area contributed by atoms with Crippen LogP contribution in [0.15, 0.2) is 6.33 Å². The van der Waals surface area contributed by atoms with Gasteiger partial charge in [0.15, 0.2) is 0 Å². The highest BCUT2D eigenvalue weighted by Gasteiger charge is 2.27. The number of rotatable bonds is 4. The smallest absolute Gasteiger partial charge is 0.150 e. The number of hydrogen-bond donors (Lipinski definition) is 2. The van der Waals surface area contributed by atoms with Gasteiger partial charge in [0.1, 0.15) is 12.2 Å². The van der Waals surface area contributed by atoms with Gasteiger partial charge in [-0.1, -0.05) is 0 Å². The zero-order chi connectivity index (χ0) is 10.7. The third kappa shape index (κ3) is 2.34. The lowest BCUT2D eigenvalue weighted by Crippen LogP contribution is -2.19. The number of aliphatic hydroxyl groups is 1. The van der Waals surface area contributed by atoms with Crippen molar-refractivity contribution in [3.05, 3.63) is 12.2 Å². The van der Waals surface area contributed by atoms with Gasteiger partial charge < -0.3 is 19.7 Å². The van der Waals surface area contributed by atoms with Crippen molar-refractivity contribution in [1.29, 1.82) is 0 Å². The van der Waals surface area contributed by atoms with E-state index >= 15 is 0 Å². The number of aliphatic hydroxyl groups excluding tert-OH is 1. The number of aromatic nitrogens is 3. The Morgan fingerprint density at radius 3 is 3.27 bits per heavy atom. The predicted molar refractivity (Wildman–Crippen MR) is 53.3 cm³/mol. The maximum Gasteiger partial charge on any atom is 0.150 e. The fraction of sp³-hybridized carbons (Fsp3) is 0.778. The monoisotopic (exact) mass is 212 g/mol. The fourth-order valence-electron chi connectivity index (χ4n) is 1.81. The van der Waals surface area contributed by atoms with Gasteiger partial charge in [0, 0.05) is 20.2 Å². The minimum atomic E-state index is -0.275. The van der Waals surface area contributed by atoms with Crippen LogP contribution in [0.4, 0.5) is 0 Å². The molecule has 0 aromatic carbocycles. The highest BCUT2D eigenvalue weighted by molar-refractivity contribution is 4.99. The molecular weight excluding hydrogens is 196 g/mol. The minimum absolute atomic E-state index is 0.111. The lowest BCUT2D eigenvalue weighted by atomic mass is 10.2. The summed E-state index contributed by atoms with van der Waals surface area (Å²) in [7, 11) is 1.67. The molecule has 0 saturated carbocycles. The molecule has 0 radical (unpaired) electrons. The van der Waals surface area contributed by atoms with E-state index in [1.165, 1.54) is 0 Å². The Morgan fingerprint density at radius 1 is 1.73 bits per heavy atom. The molecule has 1 fully saturated rings. The van der Waals surface area contributed by atoms with Crippen LogP contribution in [-0.2, 0) is 11.3 Å². The van der Waals surface area contributed by atoms with Crippen LogP contribution in [0.1, 0.15) is 18.3 Å². The van der Waals surface area contributed by atoms with Crippen LogP contribution in [0.2, 0.25) is 0 Å². The summed E-state index contributed by atoms with van der Waals surface area (Å²) in [4.78, 5) is 0. The lowest BCUT2D eigenvalue weighted by Gasteiger charge is -2.11. The second kappa shape index (κ2) is 4.69. The summed E-state index contributed by atoms with van der Waals surface area (Å²) >= 11 is 0. The van der Waals surface area contributed by atoms with E-state index in [9.17, 15) is 5.11 Å². The van der Waals surface area contributed by atoms with Crippen molar-refractivity contribution in [2.75, 3.05) is 20.3 Å². The zero-order valence-electron chi connectivity index (χ0n) is 8.76. The summed E-state index contributed by atoms with van der Waals surface area (Å²) < 4.78 is 6.97. The standard InChI is InChI=1S/C9H16N4O2/c1-15-3-2-13-6-11-12-9(13)8-4-7(14)5-10-8/h6-8,10,14H,2-5H2,1H3/t7-,8+/m1/s1. The maximum absolute atomic E-state index is 9.42. The highest BCUT2D eigenvalue weighted by Crippen LogP contribution is 2.21. The molecule has 15 heavy (non-hydrogen) atoms. The average molecular weight is 212 g/mol. The largest absolute Gasteiger partial charge is 0.392 e. The molecule has 2 N–H and O–H groups in total. The van der Waals surface area contributed by atoms with Crippen LogP contribution in [0.25, 0.3) is 0 Å². The number of β-amino-alcohol motifs (C(OH)–C–C–N with tert-alkyl or cyclic N) is 1. The molecule has 0 spiro atoms. The van der Waals surface area contributed by atoms with E-state index in [1.807, 2.05) is 4.57 Å². The van der Waals surface area contributed by atoms with Gasteiger partial charge in [0.05, 0.1) is 18.8 Å². The average Bonchev–Trinajstić information content (AvgIpc) is 2.82. The quantitative estimate of drug-likeness (QED) is 0.692. The van der Waals surface area contributed by atoms with Crippen LogP contribution < -0.4 is 5.32 Å². The summed E-state index contributed by atoms with van der Waals surface area (Å²) in [6, 6.07) is 0.111. The van der Waals surface area contributed by atoms with Crippen molar-refractivity contribution in [3.63, 3.8) is 0 Å². The summed E-state index contributed by atoms with van der Waals surface area (Å²) in [5.74, 6) is 0.878. The third-order valence-electron chi connectivity index (χ3n) is 2.60. The minimum Gasteiger partial charge on any atom is -0.392 e. The summed E-state index contributed by atoms with van der Waals surface area (Å²) in [5, 5.41) is 20.6. The molecule has 1 aromatic heterocycles. The summed E-state index contributed by atoms with van der Waals surface area (Å²) in [5.41, 5.74) is 0. The summed E-state index contributed by atoms with van der Waals surface area (Å²) in [6.07, 6.45) is 2.12. The molecule has 2 atom stereocenters. The van der Waals surface area contributed by atoms with Gasteiger partial charge in [-0.3, -0.25) is 0 Å². The Morgan fingerprint density at radius 2 is 2.60 bits per heavy atom. The molecule has 0 unspecified atom stereocenters. The zero-order valence-corrected chi connectivity index (χ0v) is 8.76. The Kier molecular flexibility index (Phi) is 3.30. The molecule has 0 bridgehead atoms. The van der Waals surface area contributed by atoms with Crippen molar-refractivity contribution < 1.29 is 9.84 Å². The van der Waals surface area contributed by atoms with Crippen molar-refractivity contribution in [3.8, 4) is 0 Å². The van der Waals surface area contributed by atoms with E-state index in [4.69, 9.17) is 4.74 Å². The van der Waals surface area contributed by atoms with Gasteiger partial charge in [-0.25, -0.2) is 0 Å². The molecule has 6 heteroatoms. The molecule has 1 saturated heterocycles. The third-order valence-corrected chi connectivity index (χ3v) is 2.60. The Labute approximate surface area is 88.3 Å². The second-order valence-electron chi connectivity index (χ2n) is 3.73. The van der Waals surface area contributed by atoms with Gasteiger partial charge in [0.2, 0.25) is 0 Å². The molecule has 84 valence electrons. The van der Waals surface area contributed by atoms with Gasteiger partial charge in [-0.05, 0) is 6.42 Å². The summed E-state index contributed by atoms with van der Waals surface area (Å²) in [6.45, 7) is 2.01. The van der Waals surface area contributed by atoms with E-state index in [0.717, 1.165) is 12.4 Å². The molecular formula is C9H16N4O2. The van der Waals surface area contributed by atoms with E-state index in [0.29, 0.717) is 19.6 Å². The van der Waals surface area contributed by atoms with Crippen LogP contribution in [-0.4, -0.2) is 46.2 Å². The first kappa shape index (κ1) is 10.5. The lowest BCUT2D eigenvalue weighted by molar-refractivity contribution is 0.184. The molecule has 0 amide bonds. The van der Waals surface area contributed by atoms with Crippen LogP contribution in [0.3, 0.4) is 0 Å². The van der Waals surface area contributed by atoms with Crippen LogP contribution in [0, 0.1) is 0 Å².